The first kappa shape index (κ1) is 18.5. The molecule has 5 heteroatoms. The lowest BCUT2D eigenvalue weighted by Gasteiger charge is -2.12. The molecule has 0 saturated carbocycles. The molecule has 0 amide bonds. The van der Waals surface area contributed by atoms with Crippen molar-refractivity contribution < 1.29 is 0 Å². The maximum atomic E-state index is 5.85. The Hall–Kier alpha value is -0.490. The van der Waals surface area contributed by atoms with Gasteiger partial charge < -0.3 is 10.6 Å². The zero-order valence-corrected chi connectivity index (χ0v) is 14.8. The summed E-state index contributed by atoms with van der Waals surface area (Å²) in [6, 6.07) is 7.78. The average Bonchev–Trinajstić information content (AvgIpc) is 2.34. The molecule has 19 heavy (non-hydrogen) atoms. The van der Waals surface area contributed by atoms with Crippen LogP contribution in [0.25, 0.3) is 0 Å². The number of guanidine groups is 1. The second kappa shape index (κ2) is 10.3. The van der Waals surface area contributed by atoms with Crippen LogP contribution >= 0.6 is 35.6 Å². The van der Waals surface area contributed by atoms with E-state index in [4.69, 9.17) is 11.6 Å². The molecule has 0 bridgehead atoms. The van der Waals surface area contributed by atoms with E-state index in [-0.39, 0.29) is 24.0 Å². The topological polar surface area (TPSA) is 36.4 Å². The Morgan fingerprint density at radius 1 is 1.21 bits per heavy atom. The highest BCUT2D eigenvalue weighted by Crippen LogP contribution is 2.10. The van der Waals surface area contributed by atoms with Gasteiger partial charge in [0.2, 0.25) is 0 Å². The van der Waals surface area contributed by atoms with Crippen molar-refractivity contribution >= 4 is 41.5 Å². The summed E-state index contributed by atoms with van der Waals surface area (Å²) in [5.74, 6) is 1.46. The van der Waals surface area contributed by atoms with Crippen LogP contribution in [0.5, 0.6) is 0 Å². The Morgan fingerprint density at radius 2 is 1.84 bits per heavy atom. The van der Waals surface area contributed by atoms with Gasteiger partial charge in [-0.3, -0.25) is 0 Å². The molecule has 0 saturated heterocycles. The third-order valence-corrected chi connectivity index (χ3v) is 2.61. The SMILES string of the molecule is CCNC(=NCc1ccc(Cl)cc1)NCC(C)C.I. The van der Waals surface area contributed by atoms with Crippen molar-refractivity contribution in [3.8, 4) is 0 Å². The van der Waals surface area contributed by atoms with E-state index < -0.39 is 0 Å². The number of hydrogen-bond donors (Lipinski definition) is 2. The van der Waals surface area contributed by atoms with Gasteiger partial charge in [-0.15, -0.1) is 24.0 Å². The maximum absolute atomic E-state index is 5.85. The minimum atomic E-state index is 0. The number of nitrogens with one attached hydrogen (secondary N) is 2. The Kier molecular flexibility index (Phi) is 10.0. The molecule has 0 aliphatic heterocycles. The molecule has 0 radical (unpaired) electrons. The lowest BCUT2D eigenvalue weighted by atomic mass is 10.2. The van der Waals surface area contributed by atoms with E-state index >= 15 is 0 Å². The highest BCUT2D eigenvalue weighted by Gasteiger charge is 1.99. The van der Waals surface area contributed by atoms with Gasteiger partial charge in [-0.25, -0.2) is 4.99 Å². The average molecular weight is 396 g/mol. The van der Waals surface area contributed by atoms with Crippen molar-refractivity contribution in [3.63, 3.8) is 0 Å². The zero-order chi connectivity index (χ0) is 13.4. The summed E-state index contributed by atoms with van der Waals surface area (Å²) in [4.78, 5) is 4.54. The summed E-state index contributed by atoms with van der Waals surface area (Å²) in [6.45, 7) is 8.86. The zero-order valence-electron chi connectivity index (χ0n) is 11.7. The van der Waals surface area contributed by atoms with E-state index in [1.54, 1.807) is 0 Å². The van der Waals surface area contributed by atoms with Gasteiger partial charge in [-0.05, 0) is 30.5 Å². The first-order chi connectivity index (χ1) is 8.61. The number of aliphatic imine (C=N–C) groups is 1. The summed E-state index contributed by atoms with van der Waals surface area (Å²) < 4.78 is 0. The second-order valence-corrected chi connectivity index (χ2v) is 5.03. The third-order valence-electron chi connectivity index (χ3n) is 2.35. The molecule has 0 aliphatic carbocycles. The molecule has 0 aliphatic rings. The van der Waals surface area contributed by atoms with Crippen LogP contribution in [-0.2, 0) is 6.54 Å². The van der Waals surface area contributed by atoms with E-state index in [0.29, 0.717) is 12.5 Å². The molecular weight excluding hydrogens is 373 g/mol. The molecule has 1 aromatic rings. The fourth-order valence-corrected chi connectivity index (χ4v) is 1.53. The Labute approximate surface area is 138 Å². The molecule has 1 aromatic carbocycles. The van der Waals surface area contributed by atoms with Gasteiger partial charge in [-0.2, -0.15) is 0 Å². The van der Waals surface area contributed by atoms with Crippen LogP contribution in [0.3, 0.4) is 0 Å². The van der Waals surface area contributed by atoms with Crippen molar-refractivity contribution in [1.82, 2.24) is 10.6 Å². The number of halogens is 2. The van der Waals surface area contributed by atoms with Gasteiger partial charge in [0, 0.05) is 18.1 Å². The van der Waals surface area contributed by atoms with Crippen molar-refractivity contribution in [1.29, 1.82) is 0 Å². The van der Waals surface area contributed by atoms with Crippen LogP contribution in [0.1, 0.15) is 26.3 Å². The van der Waals surface area contributed by atoms with Gasteiger partial charge in [0.25, 0.3) is 0 Å². The predicted molar refractivity (Wildman–Crippen MR) is 94.5 cm³/mol. The van der Waals surface area contributed by atoms with E-state index in [1.165, 1.54) is 0 Å². The molecule has 0 heterocycles. The molecule has 2 N–H and O–H groups in total. The Bertz CT molecular complexity index is 377. The van der Waals surface area contributed by atoms with Crippen molar-refractivity contribution in [2.75, 3.05) is 13.1 Å². The molecule has 0 aromatic heterocycles. The minimum absolute atomic E-state index is 0. The number of nitrogens with zero attached hydrogens (tertiary/aromatic N) is 1. The summed E-state index contributed by atoms with van der Waals surface area (Å²) in [6.07, 6.45) is 0. The van der Waals surface area contributed by atoms with Crippen LogP contribution in [-0.4, -0.2) is 19.0 Å². The normalized spacial score (nSPS) is 11.1. The third kappa shape index (κ3) is 8.31. The van der Waals surface area contributed by atoms with Crippen LogP contribution < -0.4 is 10.6 Å². The van der Waals surface area contributed by atoms with Gasteiger partial charge in [0.15, 0.2) is 5.96 Å². The van der Waals surface area contributed by atoms with Gasteiger partial charge in [-0.1, -0.05) is 37.6 Å². The maximum Gasteiger partial charge on any atom is 0.191 e. The number of benzene rings is 1. The smallest absolute Gasteiger partial charge is 0.191 e. The van der Waals surface area contributed by atoms with Gasteiger partial charge >= 0.3 is 0 Å². The molecular formula is C14H23ClIN3. The second-order valence-electron chi connectivity index (χ2n) is 4.60. The fourth-order valence-electron chi connectivity index (χ4n) is 1.40. The summed E-state index contributed by atoms with van der Waals surface area (Å²) >= 11 is 5.85. The standard InChI is InChI=1S/C14H22ClN3.HI/c1-4-16-14(17-9-11(2)3)18-10-12-5-7-13(15)8-6-12;/h5-8,11H,4,9-10H2,1-3H3,(H2,16,17,18);1H. The van der Waals surface area contributed by atoms with Crippen molar-refractivity contribution in [3.05, 3.63) is 34.9 Å². The van der Waals surface area contributed by atoms with E-state index in [9.17, 15) is 0 Å². The predicted octanol–water partition coefficient (Wildman–Crippen LogP) is 3.67. The molecule has 0 fully saturated rings. The number of hydrogen-bond acceptors (Lipinski definition) is 1. The molecule has 3 nitrogen and oxygen atoms in total. The lowest BCUT2D eigenvalue weighted by Crippen LogP contribution is -2.39. The molecule has 108 valence electrons. The van der Waals surface area contributed by atoms with Crippen molar-refractivity contribution in [2.24, 2.45) is 10.9 Å². The molecule has 0 atom stereocenters. The highest BCUT2D eigenvalue weighted by atomic mass is 127. The quantitative estimate of drug-likeness (QED) is 0.453. The first-order valence-corrected chi connectivity index (χ1v) is 6.76. The van der Waals surface area contributed by atoms with Crippen LogP contribution in [0.15, 0.2) is 29.3 Å². The van der Waals surface area contributed by atoms with Crippen LogP contribution in [0.4, 0.5) is 0 Å². The molecule has 1 rings (SSSR count). The fraction of sp³-hybridized carbons (Fsp3) is 0.500. The Morgan fingerprint density at radius 3 is 2.37 bits per heavy atom. The van der Waals surface area contributed by atoms with E-state index in [2.05, 4.69) is 36.4 Å². The largest absolute Gasteiger partial charge is 0.357 e. The van der Waals surface area contributed by atoms with Crippen LogP contribution in [0.2, 0.25) is 5.02 Å². The van der Waals surface area contributed by atoms with E-state index in [1.807, 2.05) is 24.3 Å². The lowest BCUT2D eigenvalue weighted by molar-refractivity contribution is 0.615. The highest BCUT2D eigenvalue weighted by molar-refractivity contribution is 14.0. The van der Waals surface area contributed by atoms with Gasteiger partial charge in [0.1, 0.15) is 0 Å². The summed E-state index contributed by atoms with van der Waals surface area (Å²) in [5, 5.41) is 7.30. The monoisotopic (exact) mass is 395 g/mol. The number of rotatable bonds is 5. The van der Waals surface area contributed by atoms with E-state index in [0.717, 1.165) is 29.6 Å². The van der Waals surface area contributed by atoms with Crippen molar-refractivity contribution in [2.45, 2.75) is 27.3 Å². The Balaban J connectivity index is 0.00000324. The minimum Gasteiger partial charge on any atom is -0.357 e. The molecule has 0 spiro atoms. The van der Waals surface area contributed by atoms with Gasteiger partial charge in [0.05, 0.1) is 6.54 Å². The summed E-state index contributed by atoms with van der Waals surface area (Å²) in [5.41, 5.74) is 1.15. The molecule has 0 unspecified atom stereocenters. The first-order valence-electron chi connectivity index (χ1n) is 6.38. The summed E-state index contributed by atoms with van der Waals surface area (Å²) in [7, 11) is 0. The van der Waals surface area contributed by atoms with Crippen LogP contribution in [0, 0.1) is 5.92 Å².